The Morgan fingerprint density at radius 3 is 2.68 bits per heavy atom. The van der Waals surface area contributed by atoms with Gasteiger partial charge < -0.3 is 20.1 Å². The number of carbonyl (C=O) groups excluding carboxylic acids is 1. The van der Waals surface area contributed by atoms with Gasteiger partial charge in [0.1, 0.15) is 0 Å². The van der Waals surface area contributed by atoms with Crippen molar-refractivity contribution in [1.82, 2.24) is 0 Å². The van der Waals surface area contributed by atoms with Crippen molar-refractivity contribution in [2.24, 2.45) is 0 Å². The van der Waals surface area contributed by atoms with Crippen LogP contribution in [0.15, 0.2) is 42.5 Å². The second kappa shape index (κ2) is 8.62. The quantitative estimate of drug-likeness (QED) is 0.827. The van der Waals surface area contributed by atoms with E-state index in [2.05, 4.69) is 0 Å². The minimum Gasteiger partial charge on any atom is -0.493 e. The number of halogens is 1. The SMILES string of the molecule is COc1ccccc1OCCC(=O)N1CCCc2c(N)cccc21.Cl. The third kappa shape index (κ3) is 4.17. The summed E-state index contributed by atoms with van der Waals surface area (Å²) in [5.41, 5.74) is 8.80. The van der Waals surface area contributed by atoms with Gasteiger partial charge in [-0.3, -0.25) is 4.79 Å². The summed E-state index contributed by atoms with van der Waals surface area (Å²) < 4.78 is 10.9. The number of hydrogen-bond donors (Lipinski definition) is 1. The first-order valence-electron chi connectivity index (χ1n) is 8.14. The van der Waals surface area contributed by atoms with Gasteiger partial charge in [-0.05, 0) is 42.7 Å². The minimum atomic E-state index is 0. The number of fused-ring (bicyclic) bond motifs is 1. The lowest BCUT2D eigenvalue weighted by atomic mass is 9.99. The first-order valence-corrected chi connectivity index (χ1v) is 8.14. The molecule has 0 aliphatic carbocycles. The third-order valence-corrected chi connectivity index (χ3v) is 4.23. The Bertz CT molecular complexity index is 736. The van der Waals surface area contributed by atoms with Crippen LogP contribution in [0.5, 0.6) is 11.5 Å². The summed E-state index contributed by atoms with van der Waals surface area (Å²) in [6.07, 6.45) is 2.16. The van der Waals surface area contributed by atoms with E-state index in [4.69, 9.17) is 15.2 Å². The second-order valence-corrected chi connectivity index (χ2v) is 5.74. The molecule has 1 aliphatic rings. The first kappa shape index (κ1) is 18.9. The summed E-state index contributed by atoms with van der Waals surface area (Å²) in [4.78, 5) is 14.4. The zero-order valence-corrected chi connectivity index (χ0v) is 15.1. The van der Waals surface area contributed by atoms with Crippen LogP contribution in [-0.2, 0) is 11.2 Å². The van der Waals surface area contributed by atoms with Crippen molar-refractivity contribution in [3.8, 4) is 11.5 Å². The number of carbonyl (C=O) groups is 1. The highest BCUT2D eigenvalue weighted by atomic mass is 35.5. The lowest BCUT2D eigenvalue weighted by Crippen LogP contribution is -2.36. The number of hydrogen-bond acceptors (Lipinski definition) is 4. The largest absolute Gasteiger partial charge is 0.493 e. The number of ether oxygens (including phenoxy) is 2. The fraction of sp³-hybridized carbons (Fsp3) is 0.316. The molecule has 2 aromatic carbocycles. The van der Waals surface area contributed by atoms with Crippen molar-refractivity contribution in [2.75, 3.05) is 30.9 Å². The van der Waals surface area contributed by atoms with Gasteiger partial charge in [-0.1, -0.05) is 18.2 Å². The van der Waals surface area contributed by atoms with Crippen LogP contribution in [0.3, 0.4) is 0 Å². The Hall–Kier alpha value is -2.40. The average molecular weight is 363 g/mol. The van der Waals surface area contributed by atoms with E-state index in [0.717, 1.165) is 36.3 Å². The lowest BCUT2D eigenvalue weighted by molar-refractivity contribution is -0.119. The molecule has 0 spiro atoms. The van der Waals surface area contributed by atoms with Crippen molar-refractivity contribution in [3.05, 3.63) is 48.0 Å². The number of methoxy groups -OCH3 is 1. The molecule has 0 saturated carbocycles. The van der Waals surface area contributed by atoms with Gasteiger partial charge in [-0.25, -0.2) is 0 Å². The Kier molecular flexibility index (Phi) is 6.53. The number of amides is 1. The van der Waals surface area contributed by atoms with E-state index in [0.29, 0.717) is 24.5 Å². The van der Waals surface area contributed by atoms with Crippen LogP contribution in [0, 0.1) is 0 Å². The van der Waals surface area contributed by atoms with Crippen LogP contribution in [0.1, 0.15) is 18.4 Å². The Morgan fingerprint density at radius 1 is 1.16 bits per heavy atom. The molecule has 0 saturated heterocycles. The van der Waals surface area contributed by atoms with E-state index in [9.17, 15) is 4.79 Å². The molecule has 0 aromatic heterocycles. The summed E-state index contributed by atoms with van der Waals surface area (Å²) in [6, 6.07) is 13.2. The van der Waals surface area contributed by atoms with Crippen molar-refractivity contribution >= 4 is 29.7 Å². The molecular formula is C19H23ClN2O3. The smallest absolute Gasteiger partial charge is 0.230 e. The van der Waals surface area contributed by atoms with Crippen LogP contribution >= 0.6 is 12.4 Å². The summed E-state index contributed by atoms with van der Waals surface area (Å²) in [6.45, 7) is 1.04. The van der Waals surface area contributed by atoms with Gasteiger partial charge in [0.25, 0.3) is 0 Å². The van der Waals surface area contributed by atoms with E-state index in [1.54, 1.807) is 7.11 Å². The average Bonchev–Trinajstić information content (AvgIpc) is 2.62. The van der Waals surface area contributed by atoms with E-state index in [1.807, 2.05) is 47.4 Å². The Balaban J connectivity index is 0.00000225. The number of rotatable bonds is 5. The first-order chi connectivity index (χ1) is 11.7. The number of nitrogens with two attached hydrogens (primary N) is 1. The molecular weight excluding hydrogens is 340 g/mol. The van der Waals surface area contributed by atoms with Crippen molar-refractivity contribution < 1.29 is 14.3 Å². The summed E-state index contributed by atoms with van der Waals surface area (Å²) in [7, 11) is 1.60. The lowest BCUT2D eigenvalue weighted by Gasteiger charge is -2.30. The molecule has 1 amide bonds. The van der Waals surface area contributed by atoms with Crippen molar-refractivity contribution in [2.45, 2.75) is 19.3 Å². The molecule has 2 aromatic rings. The molecule has 5 nitrogen and oxygen atoms in total. The molecule has 0 bridgehead atoms. The highest BCUT2D eigenvalue weighted by Crippen LogP contribution is 2.32. The summed E-state index contributed by atoms with van der Waals surface area (Å²) in [5, 5.41) is 0. The van der Waals surface area contributed by atoms with Crippen LogP contribution in [0.4, 0.5) is 11.4 Å². The van der Waals surface area contributed by atoms with E-state index in [1.165, 1.54) is 0 Å². The van der Waals surface area contributed by atoms with Gasteiger partial charge in [-0.15, -0.1) is 12.4 Å². The summed E-state index contributed by atoms with van der Waals surface area (Å²) >= 11 is 0. The molecule has 1 heterocycles. The van der Waals surface area contributed by atoms with Crippen LogP contribution < -0.4 is 20.1 Å². The molecule has 1 aliphatic heterocycles. The van der Waals surface area contributed by atoms with Crippen LogP contribution in [-0.4, -0.2) is 26.2 Å². The predicted molar refractivity (Wildman–Crippen MR) is 102 cm³/mol. The standard InChI is InChI=1S/C19H22N2O3.ClH/c1-23-17-9-2-3-10-18(17)24-13-11-19(22)21-12-5-6-14-15(20)7-4-8-16(14)21;/h2-4,7-10H,5-6,11-13,20H2,1H3;1H. The van der Waals surface area contributed by atoms with Gasteiger partial charge >= 0.3 is 0 Å². The monoisotopic (exact) mass is 362 g/mol. The Labute approximate surface area is 154 Å². The van der Waals surface area contributed by atoms with Crippen LogP contribution in [0.25, 0.3) is 0 Å². The molecule has 6 heteroatoms. The maximum atomic E-state index is 12.6. The fourth-order valence-electron chi connectivity index (χ4n) is 3.03. The highest BCUT2D eigenvalue weighted by Gasteiger charge is 2.23. The van der Waals surface area contributed by atoms with E-state index >= 15 is 0 Å². The third-order valence-electron chi connectivity index (χ3n) is 4.23. The second-order valence-electron chi connectivity index (χ2n) is 5.74. The number of anilines is 2. The number of benzene rings is 2. The van der Waals surface area contributed by atoms with Gasteiger partial charge in [0.05, 0.1) is 20.1 Å². The molecule has 25 heavy (non-hydrogen) atoms. The molecule has 0 radical (unpaired) electrons. The van der Waals surface area contributed by atoms with Crippen molar-refractivity contribution in [3.63, 3.8) is 0 Å². The van der Waals surface area contributed by atoms with Gasteiger partial charge in [-0.2, -0.15) is 0 Å². The van der Waals surface area contributed by atoms with E-state index in [-0.39, 0.29) is 18.3 Å². The molecule has 0 fully saturated rings. The zero-order valence-electron chi connectivity index (χ0n) is 14.2. The van der Waals surface area contributed by atoms with Gasteiger partial charge in [0, 0.05) is 17.9 Å². The fourth-order valence-corrected chi connectivity index (χ4v) is 3.03. The maximum Gasteiger partial charge on any atom is 0.230 e. The van der Waals surface area contributed by atoms with Crippen LogP contribution in [0.2, 0.25) is 0 Å². The molecule has 0 atom stereocenters. The number of nitrogen functional groups attached to an aromatic ring is 1. The summed E-state index contributed by atoms with van der Waals surface area (Å²) in [5.74, 6) is 1.37. The molecule has 3 rings (SSSR count). The number of nitrogens with zero attached hydrogens (tertiary/aromatic N) is 1. The molecule has 0 unspecified atom stereocenters. The van der Waals surface area contributed by atoms with Crippen molar-refractivity contribution in [1.29, 1.82) is 0 Å². The van der Waals surface area contributed by atoms with Gasteiger partial charge in [0.15, 0.2) is 11.5 Å². The van der Waals surface area contributed by atoms with E-state index < -0.39 is 0 Å². The zero-order chi connectivity index (χ0) is 16.9. The highest BCUT2D eigenvalue weighted by molar-refractivity contribution is 5.95. The Morgan fingerprint density at radius 2 is 1.92 bits per heavy atom. The topological polar surface area (TPSA) is 64.8 Å². The number of para-hydroxylation sites is 2. The molecule has 2 N–H and O–H groups in total. The minimum absolute atomic E-state index is 0. The van der Waals surface area contributed by atoms with Gasteiger partial charge in [0.2, 0.25) is 5.91 Å². The molecule has 134 valence electrons. The normalized spacial score (nSPS) is 12.8. The maximum absolute atomic E-state index is 12.6. The predicted octanol–water partition coefficient (Wildman–Crippen LogP) is 3.45.